The first kappa shape index (κ1) is 14.4. The highest BCUT2D eigenvalue weighted by molar-refractivity contribution is 5.93. The van der Waals surface area contributed by atoms with Gasteiger partial charge in [-0.05, 0) is 18.6 Å². The molecule has 0 radical (unpaired) electrons. The Bertz CT molecular complexity index is 404. The van der Waals surface area contributed by atoms with Crippen LogP contribution in [0.2, 0.25) is 0 Å². The zero-order valence-electron chi connectivity index (χ0n) is 11.4. The van der Waals surface area contributed by atoms with E-state index in [1.54, 1.807) is 32.4 Å². The predicted molar refractivity (Wildman–Crippen MR) is 72.2 cm³/mol. The van der Waals surface area contributed by atoms with Crippen LogP contribution in [-0.2, 0) is 4.79 Å². The topological polar surface area (TPSA) is 47.6 Å². The second kappa shape index (κ2) is 6.89. The maximum atomic E-state index is 11.9. The Hall–Kier alpha value is -1.71. The van der Waals surface area contributed by atoms with E-state index >= 15 is 0 Å². The molecule has 1 atom stereocenters. The number of hydrogen-bond acceptors (Lipinski definition) is 3. The third kappa shape index (κ3) is 3.65. The van der Waals surface area contributed by atoms with Gasteiger partial charge in [-0.3, -0.25) is 4.79 Å². The van der Waals surface area contributed by atoms with Gasteiger partial charge in [-0.15, -0.1) is 0 Å². The van der Waals surface area contributed by atoms with Crippen molar-refractivity contribution in [2.75, 3.05) is 19.5 Å². The number of methoxy groups -OCH3 is 2. The van der Waals surface area contributed by atoms with Crippen molar-refractivity contribution in [2.24, 2.45) is 5.92 Å². The molecule has 1 amide bonds. The number of anilines is 1. The normalized spacial score (nSPS) is 11.8. The largest absolute Gasteiger partial charge is 0.497 e. The SMILES string of the molecule is CCCC(C)C(=O)Nc1ccc(OC)cc1OC. The predicted octanol–water partition coefficient (Wildman–Crippen LogP) is 3.08. The molecule has 0 aromatic heterocycles. The van der Waals surface area contributed by atoms with Crippen LogP contribution in [0.1, 0.15) is 26.7 Å². The summed E-state index contributed by atoms with van der Waals surface area (Å²) in [6.07, 6.45) is 1.87. The molecule has 1 rings (SSSR count). The maximum Gasteiger partial charge on any atom is 0.227 e. The van der Waals surface area contributed by atoms with Gasteiger partial charge in [-0.1, -0.05) is 20.3 Å². The van der Waals surface area contributed by atoms with Crippen LogP contribution in [0.25, 0.3) is 0 Å². The number of carbonyl (C=O) groups excluding carboxylic acids is 1. The molecule has 1 N–H and O–H groups in total. The van der Waals surface area contributed by atoms with E-state index in [1.807, 2.05) is 6.92 Å². The minimum Gasteiger partial charge on any atom is -0.497 e. The summed E-state index contributed by atoms with van der Waals surface area (Å²) >= 11 is 0. The Morgan fingerprint density at radius 1 is 1.33 bits per heavy atom. The van der Waals surface area contributed by atoms with E-state index in [4.69, 9.17) is 9.47 Å². The second-order valence-corrected chi connectivity index (χ2v) is 4.25. The van der Waals surface area contributed by atoms with Crippen LogP contribution in [0.3, 0.4) is 0 Å². The molecule has 0 heterocycles. The molecule has 0 fully saturated rings. The monoisotopic (exact) mass is 251 g/mol. The Balaban J connectivity index is 2.80. The fourth-order valence-electron chi connectivity index (χ4n) is 1.72. The van der Waals surface area contributed by atoms with Crippen molar-refractivity contribution in [3.8, 4) is 11.5 Å². The highest BCUT2D eigenvalue weighted by Crippen LogP contribution is 2.29. The van der Waals surface area contributed by atoms with Gasteiger partial charge in [0, 0.05) is 12.0 Å². The molecule has 0 saturated carbocycles. The molecule has 18 heavy (non-hydrogen) atoms. The second-order valence-electron chi connectivity index (χ2n) is 4.25. The number of benzene rings is 1. The molecule has 4 nitrogen and oxygen atoms in total. The van der Waals surface area contributed by atoms with Crippen LogP contribution in [0.5, 0.6) is 11.5 Å². The van der Waals surface area contributed by atoms with E-state index < -0.39 is 0 Å². The van der Waals surface area contributed by atoms with Crippen molar-refractivity contribution in [1.82, 2.24) is 0 Å². The molecule has 4 heteroatoms. The molecule has 0 bridgehead atoms. The number of amides is 1. The third-order valence-corrected chi connectivity index (χ3v) is 2.84. The van der Waals surface area contributed by atoms with Gasteiger partial charge in [0.2, 0.25) is 5.91 Å². The van der Waals surface area contributed by atoms with Gasteiger partial charge in [0.25, 0.3) is 0 Å². The number of carbonyl (C=O) groups is 1. The Labute approximate surface area is 108 Å². The zero-order chi connectivity index (χ0) is 13.5. The standard InChI is InChI=1S/C14H21NO3/c1-5-6-10(2)14(16)15-12-8-7-11(17-3)9-13(12)18-4/h7-10H,5-6H2,1-4H3,(H,15,16). The molecule has 0 aliphatic carbocycles. The lowest BCUT2D eigenvalue weighted by Crippen LogP contribution is -2.20. The third-order valence-electron chi connectivity index (χ3n) is 2.84. The number of ether oxygens (including phenoxy) is 2. The van der Waals surface area contributed by atoms with Gasteiger partial charge in [0.15, 0.2) is 0 Å². The van der Waals surface area contributed by atoms with E-state index in [-0.39, 0.29) is 11.8 Å². The van der Waals surface area contributed by atoms with Crippen LogP contribution in [0, 0.1) is 5.92 Å². The lowest BCUT2D eigenvalue weighted by Gasteiger charge is -2.14. The van der Waals surface area contributed by atoms with Gasteiger partial charge < -0.3 is 14.8 Å². The van der Waals surface area contributed by atoms with Gasteiger partial charge in [0.1, 0.15) is 11.5 Å². The van der Waals surface area contributed by atoms with Crippen LogP contribution in [0.15, 0.2) is 18.2 Å². The van der Waals surface area contributed by atoms with Crippen molar-refractivity contribution in [3.63, 3.8) is 0 Å². The first-order valence-electron chi connectivity index (χ1n) is 6.15. The molecule has 1 aromatic rings. The van der Waals surface area contributed by atoms with E-state index in [2.05, 4.69) is 12.2 Å². The summed E-state index contributed by atoms with van der Waals surface area (Å²) in [5.41, 5.74) is 0.672. The van der Waals surface area contributed by atoms with Gasteiger partial charge in [0.05, 0.1) is 19.9 Å². The van der Waals surface area contributed by atoms with Crippen LogP contribution >= 0.6 is 0 Å². The quantitative estimate of drug-likeness (QED) is 0.845. The molecule has 0 saturated heterocycles. The fourth-order valence-corrected chi connectivity index (χ4v) is 1.72. The Morgan fingerprint density at radius 2 is 2.06 bits per heavy atom. The highest BCUT2D eigenvalue weighted by atomic mass is 16.5. The van der Waals surface area contributed by atoms with Gasteiger partial charge in [-0.25, -0.2) is 0 Å². The molecule has 0 spiro atoms. The zero-order valence-corrected chi connectivity index (χ0v) is 11.4. The Morgan fingerprint density at radius 3 is 2.61 bits per heavy atom. The van der Waals surface area contributed by atoms with Crippen LogP contribution in [0.4, 0.5) is 5.69 Å². The van der Waals surface area contributed by atoms with Crippen molar-refractivity contribution >= 4 is 11.6 Å². The van der Waals surface area contributed by atoms with E-state index in [0.717, 1.165) is 12.8 Å². The van der Waals surface area contributed by atoms with Gasteiger partial charge in [-0.2, -0.15) is 0 Å². The number of rotatable bonds is 6. The average Bonchev–Trinajstić information content (AvgIpc) is 2.39. The van der Waals surface area contributed by atoms with Crippen molar-refractivity contribution < 1.29 is 14.3 Å². The summed E-state index contributed by atoms with van der Waals surface area (Å²) in [7, 11) is 3.16. The summed E-state index contributed by atoms with van der Waals surface area (Å²) < 4.78 is 10.3. The minimum absolute atomic E-state index is 0.00167. The highest BCUT2D eigenvalue weighted by Gasteiger charge is 2.14. The lowest BCUT2D eigenvalue weighted by atomic mass is 10.1. The molecule has 1 unspecified atom stereocenters. The lowest BCUT2D eigenvalue weighted by molar-refractivity contribution is -0.119. The summed E-state index contributed by atoms with van der Waals surface area (Å²) in [5, 5.41) is 2.88. The molecule has 100 valence electrons. The summed E-state index contributed by atoms with van der Waals surface area (Å²) in [4.78, 5) is 11.9. The molecular weight excluding hydrogens is 230 g/mol. The van der Waals surface area contributed by atoms with E-state index in [1.165, 1.54) is 0 Å². The average molecular weight is 251 g/mol. The van der Waals surface area contributed by atoms with Crippen molar-refractivity contribution in [1.29, 1.82) is 0 Å². The minimum atomic E-state index is 0.00167. The van der Waals surface area contributed by atoms with Crippen LogP contribution < -0.4 is 14.8 Å². The first-order chi connectivity index (χ1) is 8.62. The number of hydrogen-bond donors (Lipinski definition) is 1. The molecule has 0 aliphatic heterocycles. The molecule has 0 aliphatic rings. The van der Waals surface area contributed by atoms with E-state index in [0.29, 0.717) is 17.2 Å². The maximum absolute atomic E-state index is 11.9. The number of nitrogens with one attached hydrogen (secondary N) is 1. The summed E-state index contributed by atoms with van der Waals surface area (Å²) in [6.45, 7) is 3.99. The van der Waals surface area contributed by atoms with Crippen molar-refractivity contribution in [2.45, 2.75) is 26.7 Å². The van der Waals surface area contributed by atoms with Gasteiger partial charge >= 0.3 is 0 Å². The van der Waals surface area contributed by atoms with Crippen LogP contribution in [-0.4, -0.2) is 20.1 Å². The molecule has 1 aromatic carbocycles. The first-order valence-corrected chi connectivity index (χ1v) is 6.15. The summed E-state index contributed by atoms with van der Waals surface area (Å²) in [5.74, 6) is 1.32. The van der Waals surface area contributed by atoms with E-state index in [9.17, 15) is 4.79 Å². The smallest absolute Gasteiger partial charge is 0.227 e. The fraction of sp³-hybridized carbons (Fsp3) is 0.500. The Kier molecular flexibility index (Phi) is 5.49. The molecular formula is C14H21NO3. The van der Waals surface area contributed by atoms with Crippen molar-refractivity contribution in [3.05, 3.63) is 18.2 Å². The summed E-state index contributed by atoms with van der Waals surface area (Å²) in [6, 6.07) is 5.33.